The predicted molar refractivity (Wildman–Crippen MR) is 73.2 cm³/mol. The predicted octanol–water partition coefficient (Wildman–Crippen LogP) is 2.81. The molecule has 1 fully saturated rings. The topological polar surface area (TPSA) is 37.4 Å². The van der Waals surface area contributed by atoms with E-state index in [0.717, 1.165) is 12.5 Å². The average molecular weight is 251 g/mol. The Morgan fingerprint density at radius 1 is 1.22 bits per heavy atom. The Bertz CT molecular complexity index is 291. The van der Waals surface area contributed by atoms with Crippen LogP contribution in [0.2, 0.25) is 0 Å². The summed E-state index contributed by atoms with van der Waals surface area (Å²) in [4.78, 5) is 23.5. The van der Waals surface area contributed by atoms with Crippen molar-refractivity contribution in [3.05, 3.63) is 12.2 Å². The Morgan fingerprint density at radius 2 is 1.83 bits per heavy atom. The average Bonchev–Trinajstić information content (AvgIpc) is 2.38. The summed E-state index contributed by atoms with van der Waals surface area (Å²) in [5, 5.41) is 0. The third-order valence-corrected chi connectivity index (χ3v) is 3.89. The van der Waals surface area contributed by atoms with Gasteiger partial charge in [-0.1, -0.05) is 32.6 Å². The zero-order chi connectivity index (χ0) is 13.4. The van der Waals surface area contributed by atoms with Crippen molar-refractivity contribution in [1.29, 1.82) is 0 Å². The zero-order valence-corrected chi connectivity index (χ0v) is 11.6. The molecule has 0 aromatic rings. The highest BCUT2D eigenvalue weighted by Crippen LogP contribution is 2.31. The molecule has 0 aromatic carbocycles. The van der Waals surface area contributed by atoms with E-state index in [-0.39, 0.29) is 5.91 Å². The molecule has 0 aliphatic heterocycles. The molecular weight excluding hydrogens is 226 g/mol. The first-order valence-corrected chi connectivity index (χ1v) is 7.04. The lowest BCUT2D eigenvalue weighted by atomic mass is 9.80. The Morgan fingerprint density at radius 3 is 2.39 bits per heavy atom. The second-order valence-electron chi connectivity index (χ2n) is 5.39. The minimum absolute atomic E-state index is 0.0715. The summed E-state index contributed by atoms with van der Waals surface area (Å²) in [6.45, 7) is 3.07. The number of carbonyl (C=O) groups excluding carboxylic acids is 2. The Labute approximate surface area is 110 Å². The minimum Gasteiger partial charge on any atom is -0.342 e. The fourth-order valence-corrected chi connectivity index (χ4v) is 2.84. The van der Waals surface area contributed by atoms with Crippen LogP contribution in [0.25, 0.3) is 0 Å². The Kier molecular flexibility index (Phi) is 6.69. The van der Waals surface area contributed by atoms with Gasteiger partial charge in [0.05, 0.1) is 0 Å². The lowest BCUT2D eigenvalue weighted by Crippen LogP contribution is -2.32. The Hall–Kier alpha value is -1.12. The van der Waals surface area contributed by atoms with Gasteiger partial charge in [0, 0.05) is 19.7 Å². The highest BCUT2D eigenvalue weighted by atomic mass is 16.2. The van der Waals surface area contributed by atoms with Gasteiger partial charge < -0.3 is 4.90 Å². The van der Waals surface area contributed by atoms with Crippen molar-refractivity contribution in [1.82, 2.24) is 4.90 Å². The molecule has 0 heterocycles. The van der Waals surface area contributed by atoms with Crippen LogP contribution < -0.4 is 0 Å². The van der Waals surface area contributed by atoms with Gasteiger partial charge in [0.2, 0.25) is 5.91 Å². The summed E-state index contributed by atoms with van der Waals surface area (Å²) in [5.41, 5.74) is 0. The molecule has 0 saturated heterocycles. The highest BCUT2D eigenvalue weighted by molar-refractivity contribution is 5.90. The van der Waals surface area contributed by atoms with E-state index >= 15 is 0 Å². The second-order valence-corrected chi connectivity index (χ2v) is 5.39. The zero-order valence-electron chi connectivity index (χ0n) is 11.6. The third-order valence-electron chi connectivity index (χ3n) is 3.89. The maximum absolute atomic E-state index is 11.6. The van der Waals surface area contributed by atoms with Crippen LogP contribution in [0.15, 0.2) is 12.2 Å². The number of carbonyl (C=O) groups is 2. The molecule has 0 radical (unpaired) electrons. The van der Waals surface area contributed by atoms with Crippen LogP contribution in [0.4, 0.5) is 0 Å². The maximum atomic E-state index is 11.6. The summed E-state index contributed by atoms with van der Waals surface area (Å²) in [7, 11) is 1.82. The molecule has 1 saturated carbocycles. The van der Waals surface area contributed by atoms with Crippen LogP contribution in [0.5, 0.6) is 0 Å². The van der Waals surface area contributed by atoms with Crippen molar-refractivity contribution < 1.29 is 9.59 Å². The molecule has 0 aromatic heterocycles. The van der Waals surface area contributed by atoms with E-state index in [9.17, 15) is 9.59 Å². The van der Waals surface area contributed by atoms with E-state index in [1.165, 1.54) is 50.7 Å². The van der Waals surface area contributed by atoms with Gasteiger partial charge in [-0.15, -0.1) is 0 Å². The minimum atomic E-state index is -0.0715. The highest BCUT2D eigenvalue weighted by Gasteiger charge is 2.22. The molecule has 0 atom stereocenters. The van der Waals surface area contributed by atoms with Crippen LogP contribution >= 0.6 is 0 Å². The summed E-state index contributed by atoms with van der Waals surface area (Å²) >= 11 is 0. The SMILES string of the molecule is CCCC1CCC(CN(C)C(=O)/C=C\C=O)CC1. The largest absolute Gasteiger partial charge is 0.342 e. The smallest absolute Gasteiger partial charge is 0.246 e. The first kappa shape index (κ1) is 14.9. The van der Waals surface area contributed by atoms with Crippen LogP contribution in [0.1, 0.15) is 45.4 Å². The van der Waals surface area contributed by atoms with Crippen molar-refractivity contribution in [3.8, 4) is 0 Å². The third kappa shape index (κ3) is 5.03. The van der Waals surface area contributed by atoms with E-state index in [0.29, 0.717) is 12.2 Å². The van der Waals surface area contributed by atoms with E-state index in [4.69, 9.17) is 0 Å². The van der Waals surface area contributed by atoms with Gasteiger partial charge in [0.15, 0.2) is 0 Å². The molecule has 0 N–H and O–H groups in total. The van der Waals surface area contributed by atoms with Crippen molar-refractivity contribution in [2.24, 2.45) is 11.8 Å². The second kappa shape index (κ2) is 8.06. The number of aldehydes is 1. The van der Waals surface area contributed by atoms with Gasteiger partial charge in [-0.3, -0.25) is 9.59 Å². The van der Waals surface area contributed by atoms with Gasteiger partial charge >= 0.3 is 0 Å². The molecular formula is C15H25NO2. The number of hydrogen-bond donors (Lipinski definition) is 0. The van der Waals surface area contributed by atoms with Crippen molar-refractivity contribution in [2.45, 2.75) is 45.4 Å². The van der Waals surface area contributed by atoms with Gasteiger partial charge in [0.25, 0.3) is 0 Å². The van der Waals surface area contributed by atoms with Gasteiger partial charge in [-0.25, -0.2) is 0 Å². The molecule has 1 aliphatic rings. The Balaban J connectivity index is 2.29. The molecule has 3 nitrogen and oxygen atoms in total. The van der Waals surface area contributed by atoms with Gasteiger partial charge in [-0.2, -0.15) is 0 Å². The molecule has 0 spiro atoms. The number of amides is 1. The molecule has 18 heavy (non-hydrogen) atoms. The molecule has 3 heteroatoms. The monoisotopic (exact) mass is 251 g/mol. The summed E-state index contributed by atoms with van der Waals surface area (Å²) in [5.74, 6) is 1.47. The molecule has 1 amide bonds. The van der Waals surface area contributed by atoms with Gasteiger partial charge in [-0.05, 0) is 30.8 Å². The molecule has 102 valence electrons. The number of nitrogens with zero attached hydrogens (tertiary/aromatic N) is 1. The molecule has 1 aliphatic carbocycles. The lowest BCUT2D eigenvalue weighted by molar-refractivity contribution is -0.125. The number of allylic oxidation sites excluding steroid dienone is 1. The van der Waals surface area contributed by atoms with Crippen LogP contribution in [0, 0.1) is 11.8 Å². The van der Waals surface area contributed by atoms with Crippen LogP contribution in [-0.2, 0) is 9.59 Å². The number of hydrogen-bond acceptors (Lipinski definition) is 2. The lowest BCUT2D eigenvalue weighted by Gasteiger charge is -2.30. The first-order valence-electron chi connectivity index (χ1n) is 7.04. The fraction of sp³-hybridized carbons (Fsp3) is 0.733. The van der Waals surface area contributed by atoms with Crippen LogP contribution in [0.3, 0.4) is 0 Å². The first-order chi connectivity index (χ1) is 8.67. The van der Waals surface area contributed by atoms with Gasteiger partial charge in [0.1, 0.15) is 6.29 Å². The van der Waals surface area contributed by atoms with Crippen LogP contribution in [-0.4, -0.2) is 30.7 Å². The molecule has 0 bridgehead atoms. The van der Waals surface area contributed by atoms with E-state index in [1.54, 1.807) is 4.90 Å². The quantitative estimate of drug-likeness (QED) is 0.537. The standard InChI is InChI=1S/C15H25NO2/c1-3-5-13-7-9-14(10-8-13)12-16(2)15(18)6-4-11-17/h4,6,11,13-14H,3,5,7-10,12H2,1-2H3/b6-4-. The van der Waals surface area contributed by atoms with Crippen molar-refractivity contribution >= 4 is 12.2 Å². The normalized spacial score (nSPS) is 24.1. The fourth-order valence-electron chi connectivity index (χ4n) is 2.84. The number of rotatable bonds is 6. The number of likely N-dealkylation sites (N-methyl/N-ethyl adjacent to an activating group) is 1. The van der Waals surface area contributed by atoms with E-state index < -0.39 is 0 Å². The van der Waals surface area contributed by atoms with Crippen molar-refractivity contribution in [2.75, 3.05) is 13.6 Å². The van der Waals surface area contributed by atoms with E-state index in [1.807, 2.05) is 7.05 Å². The molecule has 1 rings (SSSR count). The maximum Gasteiger partial charge on any atom is 0.246 e. The summed E-state index contributed by atoms with van der Waals surface area (Å²) in [6, 6.07) is 0. The van der Waals surface area contributed by atoms with Crippen molar-refractivity contribution in [3.63, 3.8) is 0 Å². The molecule has 0 unspecified atom stereocenters. The summed E-state index contributed by atoms with van der Waals surface area (Å²) in [6.07, 6.45) is 11.0. The van der Waals surface area contributed by atoms with E-state index in [2.05, 4.69) is 6.92 Å². The summed E-state index contributed by atoms with van der Waals surface area (Å²) < 4.78 is 0.